The van der Waals surface area contributed by atoms with E-state index in [4.69, 9.17) is 0 Å². The van der Waals surface area contributed by atoms with Gasteiger partial charge in [-0.25, -0.2) is 0 Å². The van der Waals surface area contributed by atoms with E-state index < -0.39 is 0 Å². The summed E-state index contributed by atoms with van der Waals surface area (Å²) in [6.07, 6.45) is 0. The molecule has 0 aliphatic rings. The summed E-state index contributed by atoms with van der Waals surface area (Å²) in [5, 5.41) is 4.01. The zero-order valence-electron chi connectivity index (χ0n) is 10.7. The van der Waals surface area contributed by atoms with E-state index >= 15 is 0 Å². The molecule has 0 aliphatic heterocycles. The van der Waals surface area contributed by atoms with Gasteiger partial charge in [0.05, 0.1) is 0 Å². The van der Waals surface area contributed by atoms with Gasteiger partial charge >= 0.3 is 125 Å². The van der Waals surface area contributed by atoms with E-state index in [1.54, 1.807) is 4.47 Å². The molecule has 3 heteroatoms. The third-order valence-electron chi connectivity index (χ3n) is 2.06. The molecule has 1 rings (SSSR count). The Bertz CT molecular complexity index is 336. The molecule has 0 spiro atoms. The molecule has 0 atom stereocenters. The summed E-state index contributed by atoms with van der Waals surface area (Å²) in [5.41, 5.74) is 1.50. The van der Waals surface area contributed by atoms with Crippen molar-refractivity contribution < 1.29 is 0 Å². The summed E-state index contributed by atoms with van der Waals surface area (Å²) in [6.45, 7) is 6.97. The van der Waals surface area contributed by atoms with Crippen LogP contribution in [0.1, 0.15) is 26.3 Å². The first kappa shape index (κ1) is 15.6. The van der Waals surface area contributed by atoms with Gasteiger partial charge in [-0.15, -0.1) is 0 Å². The van der Waals surface area contributed by atoms with E-state index in [9.17, 15) is 0 Å². The fraction of sp³-hybridized carbons (Fsp3) is 0.429. The Morgan fingerprint density at radius 1 is 0.824 bits per heavy atom. The molecule has 0 unspecified atom stereocenters. The molecule has 17 heavy (non-hydrogen) atoms. The SMILES string of the molecule is CC[Se]C([Se]CC)=C([Se]CC)c1ccccc1. The second-order valence-corrected chi connectivity index (χ2v) is 12.6. The van der Waals surface area contributed by atoms with Crippen molar-refractivity contribution in [2.24, 2.45) is 0 Å². The standard InChI is InChI=1S/C14H20Se3/c1-4-15-13(12-10-8-7-9-11-12)14(16-5-2)17-6-3/h7-11H,4-6H2,1-3H3. The van der Waals surface area contributed by atoms with Gasteiger partial charge in [0.1, 0.15) is 0 Å². The Balaban J connectivity index is 3.06. The van der Waals surface area contributed by atoms with Crippen molar-refractivity contribution in [3.8, 4) is 0 Å². The molecule has 0 saturated heterocycles. The summed E-state index contributed by atoms with van der Waals surface area (Å²) in [7, 11) is 0. The molecule has 0 aliphatic carbocycles. The molecule has 0 radical (unpaired) electrons. The first-order valence-electron chi connectivity index (χ1n) is 6.01. The van der Waals surface area contributed by atoms with Crippen LogP contribution in [0, 0.1) is 0 Å². The van der Waals surface area contributed by atoms with Gasteiger partial charge in [0.25, 0.3) is 0 Å². The van der Waals surface area contributed by atoms with Crippen LogP contribution >= 0.6 is 0 Å². The van der Waals surface area contributed by atoms with Crippen molar-refractivity contribution in [3.63, 3.8) is 0 Å². The molecule has 0 amide bonds. The third-order valence-corrected chi connectivity index (χ3v) is 11.2. The van der Waals surface area contributed by atoms with Gasteiger partial charge < -0.3 is 0 Å². The van der Waals surface area contributed by atoms with Crippen LogP contribution in [0.25, 0.3) is 4.47 Å². The van der Waals surface area contributed by atoms with Crippen LogP contribution in [0.4, 0.5) is 0 Å². The average Bonchev–Trinajstić information content (AvgIpc) is 2.37. The van der Waals surface area contributed by atoms with Crippen LogP contribution in [0.15, 0.2) is 33.7 Å². The summed E-state index contributed by atoms with van der Waals surface area (Å²) < 4.78 is 3.56. The maximum absolute atomic E-state index is 2.33. The molecule has 0 heterocycles. The molecular formula is C14H20Se3. The predicted octanol–water partition coefficient (Wildman–Crippen LogP) is 3.74. The Morgan fingerprint density at radius 2 is 1.35 bits per heavy atom. The van der Waals surface area contributed by atoms with Crippen LogP contribution in [0.3, 0.4) is 0 Å². The Hall–Kier alpha value is 0.518. The van der Waals surface area contributed by atoms with Gasteiger partial charge in [-0.3, -0.25) is 0 Å². The molecule has 0 nitrogen and oxygen atoms in total. The number of hydrogen-bond acceptors (Lipinski definition) is 0. The monoisotopic (exact) mass is 428 g/mol. The van der Waals surface area contributed by atoms with Gasteiger partial charge in [0.15, 0.2) is 0 Å². The third kappa shape index (κ3) is 5.35. The second-order valence-electron chi connectivity index (χ2n) is 3.28. The molecule has 0 fully saturated rings. The van der Waals surface area contributed by atoms with E-state index in [0.29, 0.717) is 15.0 Å². The molecule has 0 N–H and O–H groups in total. The predicted molar refractivity (Wildman–Crippen MR) is 82.1 cm³/mol. The van der Waals surface area contributed by atoms with E-state index in [1.165, 1.54) is 21.5 Å². The molecule has 1 aromatic carbocycles. The quantitative estimate of drug-likeness (QED) is 0.585. The first-order chi connectivity index (χ1) is 8.33. The minimum absolute atomic E-state index is 0.671. The normalized spacial score (nSPS) is 10.3. The summed E-state index contributed by atoms with van der Waals surface area (Å²) in [6, 6.07) is 11.1. The molecule has 0 bridgehead atoms. The maximum atomic E-state index is 2.33. The van der Waals surface area contributed by atoms with Gasteiger partial charge in [0.2, 0.25) is 0 Å². The zero-order chi connectivity index (χ0) is 12.5. The number of rotatable bonds is 7. The van der Waals surface area contributed by atoms with Gasteiger partial charge in [-0.2, -0.15) is 0 Å². The minimum atomic E-state index is 0.671. The van der Waals surface area contributed by atoms with E-state index in [1.807, 2.05) is 3.37 Å². The van der Waals surface area contributed by atoms with Gasteiger partial charge in [-0.05, 0) is 0 Å². The van der Waals surface area contributed by atoms with E-state index in [2.05, 4.69) is 51.1 Å². The fourth-order valence-electron chi connectivity index (χ4n) is 1.43. The molecule has 0 saturated carbocycles. The molecule has 94 valence electrons. The summed E-state index contributed by atoms with van der Waals surface area (Å²) in [4.78, 5) is 0. The number of benzene rings is 1. The Kier molecular flexibility index (Phi) is 8.66. The van der Waals surface area contributed by atoms with E-state index in [0.717, 1.165) is 29.9 Å². The molecule has 0 aromatic heterocycles. The van der Waals surface area contributed by atoms with Crippen LogP contribution in [0.5, 0.6) is 0 Å². The number of hydrogen-bond donors (Lipinski definition) is 0. The first-order valence-corrected chi connectivity index (χ1v) is 12.2. The van der Waals surface area contributed by atoms with Crippen molar-refractivity contribution in [2.75, 3.05) is 0 Å². The van der Waals surface area contributed by atoms with Crippen molar-refractivity contribution >= 4 is 49.3 Å². The van der Waals surface area contributed by atoms with Crippen LogP contribution in [-0.2, 0) is 0 Å². The zero-order valence-corrected chi connectivity index (χ0v) is 15.9. The van der Waals surface area contributed by atoms with Crippen molar-refractivity contribution in [2.45, 2.75) is 36.7 Å². The molecule has 1 aromatic rings. The van der Waals surface area contributed by atoms with Crippen LogP contribution in [-0.4, -0.2) is 44.9 Å². The summed E-state index contributed by atoms with van der Waals surface area (Å²) in [5.74, 6) is 0. The Morgan fingerprint density at radius 3 is 1.82 bits per heavy atom. The molecular weight excluding hydrogens is 405 g/mol. The topological polar surface area (TPSA) is 0 Å². The van der Waals surface area contributed by atoms with Gasteiger partial charge in [-0.1, -0.05) is 0 Å². The van der Waals surface area contributed by atoms with Crippen molar-refractivity contribution in [1.82, 2.24) is 0 Å². The van der Waals surface area contributed by atoms with Crippen LogP contribution < -0.4 is 0 Å². The van der Waals surface area contributed by atoms with Crippen LogP contribution in [0.2, 0.25) is 16.0 Å². The average molecular weight is 425 g/mol. The van der Waals surface area contributed by atoms with E-state index in [-0.39, 0.29) is 0 Å². The van der Waals surface area contributed by atoms with Crippen molar-refractivity contribution in [1.29, 1.82) is 0 Å². The van der Waals surface area contributed by atoms with Crippen molar-refractivity contribution in [3.05, 3.63) is 39.3 Å². The Labute approximate surface area is 125 Å². The fourth-order valence-corrected chi connectivity index (χ4v) is 11.3. The summed E-state index contributed by atoms with van der Waals surface area (Å²) >= 11 is 2.14. The second kappa shape index (κ2) is 9.45. The van der Waals surface area contributed by atoms with Gasteiger partial charge in [0, 0.05) is 0 Å².